The Morgan fingerprint density at radius 2 is 2.00 bits per heavy atom. The Kier molecular flexibility index (Phi) is 5.13. The van der Waals surface area contributed by atoms with E-state index in [2.05, 4.69) is 5.32 Å². The second-order valence-electron chi connectivity index (χ2n) is 4.88. The van der Waals surface area contributed by atoms with Crippen LogP contribution in [0.15, 0.2) is 0 Å². The number of rotatable bonds is 5. The average molecular weight is 276 g/mol. The summed E-state index contributed by atoms with van der Waals surface area (Å²) >= 11 is 0. The van der Waals surface area contributed by atoms with Crippen molar-refractivity contribution in [2.45, 2.75) is 19.9 Å². The molecule has 1 rings (SSSR count). The number of hydrogen-bond donors (Lipinski definition) is 2. The first-order chi connectivity index (χ1) is 8.31. The molecule has 2 N–H and O–H groups in total. The molecular formula is C11H20N2O4S. The molecule has 18 heavy (non-hydrogen) atoms. The number of carbonyl (C=O) groups excluding carboxylic acids is 1. The summed E-state index contributed by atoms with van der Waals surface area (Å²) in [7, 11) is -0.941. The van der Waals surface area contributed by atoms with Crippen molar-refractivity contribution >= 4 is 22.8 Å². The molecule has 0 spiro atoms. The van der Waals surface area contributed by atoms with E-state index >= 15 is 0 Å². The van der Waals surface area contributed by atoms with Gasteiger partial charge in [0, 0.05) is 47.9 Å². The van der Waals surface area contributed by atoms with Crippen molar-refractivity contribution in [2.75, 3.05) is 25.1 Å². The monoisotopic (exact) mass is 276 g/mol. The van der Waals surface area contributed by atoms with Gasteiger partial charge in [-0.25, -0.2) is 4.79 Å². The Hall–Kier alpha value is -1.11. The molecule has 1 aliphatic heterocycles. The van der Waals surface area contributed by atoms with E-state index in [4.69, 9.17) is 5.11 Å². The summed E-state index contributed by atoms with van der Waals surface area (Å²) in [5, 5.41) is 11.6. The van der Waals surface area contributed by atoms with E-state index in [9.17, 15) is 13.8 Å². The minimum absolute atomic E-state index is 0.0314. The van der Waals surface area contributed by atoms with E-state index in [1.807, 2.05) is 0 Å². The SMILES string of the molecule is CC(CS(C)=O)NC(=O)N1CC(C(C)C(=O)O)C1. The molecule has 0 aromatic heterocycles. The third-order valence-electron chi connectivity index (χ3n) is 3.15. The van der Waals surface area contributed by atoms with Gasteiger partial charge < -0.3 is 15.3 Å². The number of hydrogen-bond acceptors (Lipinski definition) is 3. The molecule has 1 saturated heterocycles. The summed E-state index contributed by atoms with van der Waals surface area (Å²) in [6.07, 6.45) is 1.59. The molecule has 3 unspecified atom stereocenters. The molecular weight excluding hydrogens is 256 g/mol. The number of carbonyl (C=O) groups is 2. The van der Waals surface area contributed by atoms with Crippen LogP contribution in [-0.2, 0) is 15.6 Å². The lowest BCUT2D eigenvalue weighted by Gasteiger charge is -2.41. The highest BCUT2D eigenvalue weighted by atomic mass is 32.2. The lowest BCUT2D eigenvalue weighted by atomic mass is 9.87. The van der Waals surface area contributed by atoms with E-state index in [0.29, 0.717) is 18.8 Å². The topological polar surface area (TPSA) is 86.7 Å². The van der Waals surface area contributed by atoms with Gasteiger partial charge in [-0.05, 0) is 6.92 Å². The van der Waals surface area contributed by atoms with E-state index < -0.39 is 22.7 Å². The lowest BCUT2D eigenvalue weighted by Crippen LogP contribution is -2.58. The van der Waals surface area contributed by atoms with Crippen LogP contribution >= 0.6 is 0 Å². The number of likely N-dealkylation sites (tertiary alicyclic amines) is 1. The van der Waals surface area contributed by atoms with E-state index in [1.165, 1.54) is 0 Å². The predicted octanol–water partition coefficient (Wildman–Crippen LogP) is 0.116. The van der Waals surface area contributed by atoms with Gasteiger partial charge in [0.15, 0.2) is 0 Å². The molecule has 2 amide bonds. The number of carboxylic acids is 1. The first-order valence-electron chi connectivity index (χ1n) is 5.89. The minimum atomic E-state index is -0.941. The highest BCUT2D eigenvalue weighted by Crippen LogP contribution is 2.23. The fourth-order valence-electron chi connectivity index (χ4n) is 1.89. The van der Waals surface area contributed by atoms with Crippen LogP contribution in [0, 0.1) is 11.8 Å². The van der Waals surface area contributed by atoms with Gasteiger partial charge in [-0.15, -0.1) is 0 Å². The molecule has 1 fully saturated rings. The second kappa shape index (κ2) is 6.17. The van der Waals surface area contributed by atoms with Gasteiger partial charge in [-0.2, -0.15) is 0 Å². The number of amides is 2. The first-order valence-corrected chi connectivity index (χ1v) is 7.62. The number of urea groups is 1. The number of nitrogens with one attached hydrogen (secondary N) is 1. The number of nitrogens with zero attached hydrogens (tertiary/aromatic N) is 1. The zero-order chi connectivity index (χ0) is 13.9. The van der Waals surface area contributed by atoms with Gasteiger partial charge in [-0.3, -0.25) is 9.00 Å². The maximum atomic E-state index is 11.7. The Balaban J connectivity index is 2.31. The molecule has 0 saturated carbocycles. The van der Waals surface area contributed by atoms with E-state index in [-0.39, 0.29) is 18.0 Å². The molecule has 1 aliphatic rings. The summed E-state index contributed by atoms with van der Waals surface area (Å²) in [4.78, 5) is 24.1. The van der Waals surface area contributed by atoms with Crippen molar-refractivity contribution in [2.24, 2.45) is 11.8 Å². The van der Waals surface area contributed by atoms with Gasteiger partial charge in [0.2, 0.25) is 0 Å². The van der Waals surface area contributed by atoms with Crippen LogP contribution in [0.2, 0.25) is 0 Å². The minimum Gasteiger partial charge on any atom is -0.481 e. The molecule has 0 bridgehead atoms. The fourth-order valence-corrected chi connectivity index (χ4v) is 2.68. The normalized spacial score (nSPS) is 20.7. The third-order valence-corrected chi connectivity index (χ3v) is 4.12. The highest BCUT2D eigenvalue weighted by Gasteiger charge is 2.37. The molecule has 0 aliphatic carbocycles. The van der Waals surface area contributed by atoms with Gasteiger partial charge in [0.25, 0.3) is 0 Å². The molecule has 1 heterocycles. The summed E-state index contributed by atoms with van der Waals surface area (Å²) < 4.78 is 11.0. The van der Waals surface area contributed by atoms with E-state index in [0.717, 1.165) is 0 Å². The van der Waals surface area contributed by atoms with E-state index in [1.54, 1.807) is 25.0 Å². The smallest absolute Gasteiger partial charge is 0.317 e. The summed E-state index contributed by atoms with van der Waals surface area (Å²) in [5.74, 6) is -0.789. The fraction of sp³-hybridized carbons (Fsp3) is 0.818. The molecule has 6 nitrogen and oxygen atoms in total. The molecule has 0 aromatic carbocycles. The van der Waals surface area contributed by atoms with Crippen LogP contribution in [0.25, 0.3) is 0 Å². The Bertz CT molecular complexity index is 355. The Morgan fingerprint density at radius 1 is 1.44 bits per heavy atom. The average Bonchev–Trinajstić information content (AvgIpc) is 2.12. The number of aliphatic carboxylic acids is 1. The zero-order valence-corrected chi connectivity index (χ0v) is 11.7. The van der Waals surface area contributed by atoms with Crippen LogP contribution in [0.3, 0.4) is 0 Å². The van der Waals surface area contributed by atoms with Crippen molar-refractivity contribution in [3.05, 3.63) is 0 Å². The van der Waals surface area contributed by atoms with Crippen molar-refractivity contribution in [3.8, 4) is 0 Å². The van der Waals surface area contributed by atoms with Crippen molar-refractivity contribution in [3.63, 3.8) is 0 Å². The van der Waals surface area contributed by atoms with Crippen LogP contribution in [-0.4, -0.2) is 57.4 Å². The first kappa shape index (κ1) is 14.9. The Morgan fingerprint density at radius 3 is 2.44 bits per heavy atom. The molecule has 7 heteroatoms. The van der Waals surface area contributed by atoms with Crippen LogP contribution in [0.4, 0.5) is 4.79 Å². The van der Waals surface area contributed by atoms with Gasteiger partial charge in [-0.1, -0.05) is 6.92 Å². The highest BCUT2D eigenvalue weighted by molar-refractivity contribution is 7.84. The maximum Gasteiger partial charge on any atom is 0.317 e. The number of carboxylic acid groups (broad SMARTS) is 1. The third kappa shape index (κ3) is 3.97. The Labute approximate surface area is 109 Å². The molecule has 0 aromatic rings. The van der Waals surface area contributed by atoms with Crippen LogP contribution in [0.1, 0.15) is 13.8 Å². The van der Waals surface area contributed by atoms with Gasteiger partial charge in [0.05, 0.1) is 5.92 Å². The summed E-state index contributed by atoms with van der Waals surface area (Å²) in [6, 6.07) is -0.346. The quantitative estimate of drug-likeness (QED) is 0.746. The van der Waals surface area contributed by atoms with Gasteiger partial charge >= 0.3 is 12.0 Å². The predicted molar refractivity (Wildman–Crippen MR) is 68.8 cm³/mol. The van der Waals surface area contributed by atoms with Crippen molar-refractivity contribution < 1.29 is 18.9 Å². The molecule has 104 valence electrons. The van der Waals surface area contributed by atoms with Crippen molar-refractivity contribution in [1.82, 2.24) is 10.2 Å². The van der Waals surface area contributed by atoms with Crippen LogP contribution < -0.4 is 5.32 Å². The van der Waals surface area contributed by atoms with Gasteiger partial charge in [0.1, 0.15) is 0 Å². The van der Waals surface area contributed by atoms with Crippen LogP contribution in [0.5, 0.6) is 0 Å². The standard InChI is InChI=1S/C11H20N2O4S/c1-7(6-18(3)17)12-11(16)13-4-9(5-13)8(2)10(14)15/h7-9H,4-6H2,1-3H3,(H,12,16)(H,14,15). The lowest BCUT2D eigenvalue weighted by molar-refractivity contribution is -0.144. The maximum absolute atomic E-state index is 11.7. The summed E-state index contributed by atoms with van der Waals surface area (Å²) in [5.41, 5.74) is 0. The van der Waals surface area contributed by atoms with Crippen molar-refractivity contribution in [1.29, 1.82) is 0 Å². The largest absolute Gasteiger partial charge is 0.481 e. The zero-order valence-electron chi connectivity index (χ0n) is 10.9. The second-order valence-corrected chi connectivity index (χ2v) is 6.36. The summed E-state index contributed by atoms with van der Waals surface area (Å²) in [6.45, 7) is 4.41. The molecule has 0 radical (unpaired) electrons. The molecule has 3 atom stereocenters.